The topological polar surface area (TPSA) is 15.3 Å². The lowest BCUT2D eigenvalue weighted by Crippen LogP contribution is -2.37. The van der Waals surface area contributed by atoms with Crippen LogP contribution in [0, 0.1) is 11.8 Å². The molecule has 1 heterocycles. The predicted molar refractivity (Wildman–Crippen MR) is 71.9 cm³/mol. The zero-order chi connectivity index (χ0) is 11.8. The third kappa shape index (κ3) is 5.88. The van der Waals surface area contributed by atoms with Crippen molar-refractivity contribution in [3.05, 3.63) is 11.6 Å². The zero-order valence-electron chi connectivity index (χ0n) is 10.6. The number of nitrogens with zero attached hydrogens (tertiary/aromatic N) is 1. The number of piperidine rings is 1. The Morgan fingerprint density at radius 2 is 2.06 bits per heavy atom. The summed E-state index contributed by atoms with van der Waals surface area (Å²) in [7, 11) is 0. The average Bonchev–Trinajstić information content (AvgIpc) is 2.27. The molecular weight excluding hydrogens is 220 g/mol. The monoisotopic (exact) mass is 244 g/mol. The fourth-order valence-corrected chi connectivity index (χ4v) is 2.22. The van der Waals surface area contributed by atoms with Gasteiger partial charge in [0.05, 0.1) is 0 Å². The molecule has 2 nitrogen and oxygen atoms in total. The number of nitrogens with one attached hydrogen (secondary N) is 1. The number of halogens is 1. The van der Waals surface area contributed by atoms with Crippen LogP contribution in [0.1, 0.15) is 26.7 Å². The smallest absolute Gasteiger partial charge is 0.0174 e. The minimum absolute atomic E-state index is 0.758. The van der Waals surface area contributed by atoms with Gasteiger partial charge in [-0.1, -0.05) is 31.5 Å². The first-order chi connectivity index (χ1) is 7.72. The van der Waals surface area contributed by atoms with E-state index in [2.05, 4.69) is 24.1 Å². The van der Waals surface area contributed by atoms with Gasteiger partial charge in [0.2, 0.25) is 0 Å². The van der Waals surface area contributed by atoms with Crippen LogP contribution >= 0.6 is 11.6 Å². The average molecular weight is 245 g/mol. The summed E-state index contributed by atoms with van der Waals surface area (Å²) < 4.78 is 0. The Kier molecular flexibility index (Phi) is 7.10. The summed E-state index contributed by atoms with van der Waals surface area (Å²) in [6, 6.07) is 0. The molecule has 1 fully saturated rings. The van der Waals surface area contributed by atoms with Crippen LogP contribution in [0.3, 0.4) is 0 Å². The van der Waals surface area contributed by atoms with Crippen LogP contribution in [0.25, 0.3) is 0 Å². The molecule has 0 spiro atoms. The lowest BCUT2D eigenvalue weighted by atomic mass is 9.96. The van der Waals surface area contributed by atoms with Gasteiger partial charge in [-0.3, -0.25) is 4.90 Å². The summed E-state index contributed by atoms with van der Waals surface area (Å²) in [6.07, 6.45) is 4.67. The van der Waals surface area contributed by atoms with Crippen LogP contribution in [0.15, 0.2) is 11.6 Å². The molecular formula is C13H25ClN2. The molecule has 0 aromatic heterocycles. The van der Waals surface area contributed by atoms with Gasteiger partial charge in [0.25, 0.3) is 0 Å². The van der Waals surface area contributed by atoms with E-state index in [1.807, 2.05) is 6.08 Å². The summed E-state index contributed by atoms with van der Waals surface area (Å²) >= 11 is 5.53. The van der Waals surface area contributed by atoms with Gasteiger partial charge in [-0.05, 0) is 50.9 Å². The SMILES string of the molecule is CC(C)CNCC1CCN(CC=CCl)CC1. The molecule has 0 saturated carbocycles. The minimum atomic E-state index is 0.758. The fourth-order valence-electron chi connectivity index (χ4n) is 2.14. The first kappa shape index (κ1) is 14.0. The van der Waals surface area contributed by atoms with E-state index in [0.29, 0.717) is 0 Å². The number of hydrogen-bond donors (Lipinski definition) is 1. The molecule has 0 amide bonds. The highest BCUT2D eigenvalue weighted by Gasteiger charge is 2.17. The van der Waals surface area contributed by atoms with Crippen LogP contribution in [0.2, 0.25) is 0 Å². The lowest BCUT2D eigenvalue weighted by molar-refractivity contribution is 0.197. The molecule has 0 aliphatic carbocycles. The molecule has 1 saturated heterocycles. The molecule has 16 heavy (non-hydrogen) atoms. The third-order valence-corrected chi connectivity index (χ3v) is 3.32. The second-order valence-corrected chi connectivity index (χ2v) is 5.41. The van der Waals surface area contributed by atoms with Gasteiger partial charge in [0.1, 0.15) is 0 Å². The van der Waals surface area contributed by atoms with Crippen molar-refractivity contribution in [3.8, 4) is 0 Å². The molecule has 1 aliphatic heterocycles. The van der Waals surface area contributed by atoms with E-state index in [9.17, 15) is 0 Å². The molecule has 3 heteroatoms. The maximum Gasteiger partial charge on any atom is 0.0174 e. The van der Waals surface area contributed by atoms with Gasteiger partial charge in [0, 0.05) is 12.1 Å². The van der Waals surface area contributed by atoms with Crippen molar-refractivity contribution in [2.75, 3.05) is 32.7 Å². The van der Waals surface area contributed by atoms with Crippen molar-refractivity contribution < 1.29 is 0 Å². The summed E-state index contributed by atoms with van der Waals surface area (Å²) in [5.41, 5.74) is 1.62. The Hall–Kier alpha value is -0.0500. The molecule has 0 unspecified atom stereocenters. The van der Waals surface area contributed by atoms with Crippen molar-refractivity contribution in [2.45, 2.75) is 26.7 Å². The standard InChI is InChI=1S/C13H25ClN2/c1-12(2)10-15-11-13-4-8-16(9-5-13)7-3-6-14/h3,6,12-13,15H,4-5,7-11H2,1-2H3. The summed E-state index contributed by atoms with van der Waals surface area (Å²) in [4.78, 5) is 2.47. The molecule has 1 aliphatic rings. The van der Waals surface area contributed by atoms with Gasteiger partial charge in [-0.15, -0.1) is 0 Å². The second kappa shape index (κ2) is 8.10. The molecule has 0 atom stereocenters. The van der Waals surface area contributed by atoms with Crippen molar-refractivity contribution in [1.82, 2.24) is 10.2 Å². The van der Waals surface area contributed by atoms with E-state index in [1.54, 1.807) is 5.54 Å². The van der Waals surface area contributed by atoms with Gasteiger partial charge >= 0.3 is 0 Å². The molecule has 1 N–H and O–H groups in total. The summed E-state index contributed by atoms with van der Waals surface area (Å²) in [5.74, 6) is 1.63. The number of rotatable bonds is 6. The minimum Gasteiger partial charge on any atom is -0.316 e. The maximum atomic E-state index is 5.53. The highest BCUT2D eigenvalue weighted by atomic mass is 35.5. The van der Waals surface area contributed by atoms with E-state index in [4.69, 9.17) is 11.6 Å². The first-order valence-electron chi connectivity index (χ1n) is 6.40. The molecule has 0 aromatic carbocycles. The molecule has 1 rings (SSSR count). The van der Waals surface area contributed by atoms with E-state index < -0.39 is 0 Å². The van der Waals surface area contributed by atoms with E-state index in [-0.39, 0.29) is 0 Å². The van der Waals surface area contributed by atoms with E-state index >= 15 is 0 Å². The van der Waals surface area contributed by atoms with E-state index in [0.717, 1.165) is 24.9 Å². The van der Waals surface area contributed by atoms with Gasteiger partial charge < -0.3 is 5.32 Å². The number of likely N-dealkylation sites (tertiary alicyclic amines) is 1. The quantitative estimate of drug-likeness (QED) is 0.773. The zero-order valence-corrected chi connectivity index (χ0v) is 11.3. The van der Waals surface area contributed by atoms with Crippen LogP contribution in [0.5, 0.6) is 0 Å². The predicted octanol–water partition coefficient (Wildman–Crippen LogP) is 2.70. The first-order valence-corrected chi connectivity index (χ1v) is 6.84. The van der Waals surface area contributed by atoms with Crippen LogP contribution in [0.4, 0.5) is 0 Å². The van der Waals surface area contributed by atoms with Gasteiger partial charge in [-0.25, -0.2) is 0 Å². The van der Waals surface area contributed by atoms with Crippen LogP contribution in [-0.2, 0) is 0 Å². The maximum absolute atomic E-state index is 5.53. The Labute approximate surface area is 105 Å². The van der Waals surface area contributed by atoms with E-state index in [1.165, 1.54) is 32.5 Å². The van der Waals surface area contributed by atoms with Crippen molar-refractivity contribution >= 4 is 11.6 Å². The Bertz CT molecular complexity index is 196. The normalized spacial score (nSPS) is 20.0. The lowest BCUT2D eigenvalue weighted by Gasteiger charge is -2.31. The number of hydrogen-bond acceptors (Lipinski definition) is 2. The van der Waals surface area contributed by atoms with Crippen molar-refractivity contribution in [2.24, 2.45) is 11.8 Å². The third-order valence-electron chi connectivity index (χ3n) is 3.15. The fraction of sp³-hybridized carbons (Fsp3) is 0.846. The second-order valence-electron chi connectivity index (χ2n) is 5.16. The molecule has 0 aromatic rings. The van der Waals surface area contributed by atoms with Crippen LogP contribution < -0.4 is 5.32 Å². The molecule has 0 radical (unpaired) electrons. The summed E-state index contributed by atoms with van der Waals surface area (Å²) in [6.45, 7) is 10.3. The van der Waals surface area contributed by atoms with Crippen molar-refractivity contribution in [1.29, 1.82) is 0 Å². The molecule has 94 valence electrons. The Balaban J connectivity index is 2.07. The highest BCUT2D eigenvalue weighted by molar-refractivity contribution is 6.25. The Morgan fingerprint density at radius 3 is 2.62 bits per heavy atom. The van der Waals surface area contributed by atoms with Crippen LogP contribution in [-0.4, -0.2) is 37.6 Å². The highest BCUT2D eigenvalue weighted by Crippen LogP contribution is 2.16. The molecule has 0 bridgehead atoms. The van der Waals surface area contributed by atoms with Gasteiger partial charge in [-0.2, -0.15) is 0 Å². The Morgan fingerprint density at radius 1 is 1.38 bits per heavy atom. The van der Waals surface area contributed by atoms with Gasteiger partial charge in [0.15, 0.2) is 0 Å². The summed E-state index contributed by atoms with van der Waals surface area (Å²) in [5, 5.41) is 3.56. The van der Waals surface area contributed by atoms with Crippen molar-refractivity contribution in [3.63, 3.8) is 0 Å². The largest absolute Gasteiger partial charge is 0.316 e.